The smallest absolute Gasteiger partial charge is 0.343 e. The number of hydrogen-bond acceptors (Lipinski definition) is 3. The Kier molecular flexibility index (Phi) is 4.17. The minimum Gasteiger partial charge on any atom is -0.423 e. The molecule has 0 saturated heterocycles. The molecular formula is C25H19FN2O2. The molecule has 148 valence electrons. The lowest BCUT2D eigenvalue weighted by Gasteiger charge is -2.11. The number of nitrogens with two attached hydrogens (primary N) is 1. The number of fused-ring (bicyclic) bond motifs is 5. The number of halogens is 1. The summed E-state index contributed by atoms with van der Waals surface area (Å²) in [5, 5.41) is 3.64. The van der Waals surface area contributed by atoms with Crippen LogP contribution in [-0.2, 0) is 6.42 Å². The number of nitrogen functional groups attached to an aromatic ring is 1. The Hall–Kier alpha value is -3.86. The third kappa shape index (κ3) is 2.87. The number of aromatic nitrogens is 1. The number of nitrogens with one attached hydrogen (secondary N) is 1. The molecule has 1 aromatic heterocycles. The number of esters is 1. The summed E-state index contributed by atoms with van der Waals surface area (Å²) < 4.78 is 19.4. The number of ether oxygens (including phenoxy) is 1. The van der Waals surface area contributed by atoms with Crippen molar-refractivity contribution in [1.82, 2.24) is 4.98 Å². The first-order valence-electron chi connectivity index (χ1n) is 9.78. The fraction of sp³-hybridized carbons (Fsp3) is 0.0800. The van der Waals surface area contributed by atoms with E-state index in [2.05, 4.69) is 4.98 Å². The maximum Gasteiger partial charge on any atom is 0.343 e. The zero-order valence-corrected chi connectivity index (χ0v) is 16.3. The molecule has 0 aliphatic rings. The van der Waals surface area contributed by atoms with Gasteiger partial charge in [-0.05, 0) is 59.8 Å². The molecule has 3 N–H and O–H groups in total. The molecule has 0 amide bonds. The van der Waals surface area contributed by atoms with Gasteiger partial charge in [0.2, 0.25) is 0 Å². The summed E-state index contributed by atoms with van der Waals surface area (Å²) in [5.41, 5.74) is 9.57. The second-order valence-electron chi connectivity index (χ2n) is 7.30. The van der Waals surface area contributed by atoms with Crippen molar-refractivity contribution in [3.63, 3.8) is 0 Å². The lowest BCUT2D eigenvalue weighted by molar-refractivity contribution is 0.0734. The molecule has 30 heavy (non-hydrogen) atoms. The molecule has 0 radical (unpaired) electrons. The van der Waals surface area contributed by atoms with Crippen LogP contribution in [0, 0.1) is 5.82 Å². The standard InChI is InChI=1S/C25H19FN2O2/c1-2-17-19(4-3-5-22(17)27)25(29)30-16-9-6-14-7-10-18-21-12-15(26)8-11-23(21)28-24(18)20(14)13-16/h3-13,28H,2,27H2,1H3. The molecule has 4 aromatic carbocycles. The quantitative estimate of drug-likeness (QED) is 0.223. The van der Waals surface area contributed by atoms with Crippen molar-refractivity contribution in [1.29, 1.82) is 0 Å². The van der Waals surface area contributed by atoms with Gasteiger partial charge >= 0.3 is 5.97 Å². The highest BCUT2D eigenvalue weighted by Gasteiger charge is 2.16. The molecule has 0 unspecified atom stereocenters. The minimum atomic E-state index is -0.440. The van der Waals surface area contributed by atoms with Crippen LogP contribution in [-0.4, -0.2) is 11.0 Å². The van der Waals surface area contributed by atoms with E-state index < -0.39 is 5.97 Å². The van der Waals surface area contributed by atoms with Gasteiger partial charge in [-0.3, -0.25) is 0 Å². The second-order valence-corrected chi connectivity index (χ2v) is 7.30. The van der Waals surface area contributed by atoms with Crippen molar-refractivity contribution in [2.24, 2.45) is 0 Å². The molecule has 4 nitrogen and oxygen atoms in total. The van der Waals surface area contributed by atoms with E-state index in [1.807, 2.05) is 31.2 Å². The van der Waals surface area contributed by atoms with Crippen LogP contribution < -0.4 is 10.5 Å². The average molecular weight is 398 g/mol. The number of carbonyl (C=O) groups excluding carboxylic acids is 1. The fourth-order valence-corrected chi connectivity index (χ4v) is 4.06. The second kappa shape index (κ2) is 6.88. The van der Waals surface area contributed by atoms with E-state index in [9.17, 15) is 9.18 Å². The predicted octanol–water partition coefficient (Wildman–Crippen LogP) is 5.98. The van der Waals surface area contributed by atoms with Crippen molar-refractivity contribution in [3.8, 4) is 5.75 Å². The summed E-state index contributed by atoms with van der Waals surface area (Å²) in [6.45, 7) is 1.95. The first-order valence-corrected chi connectivity index (χ1v) is 9.78. The van der Waals surface area contributed by atoms with Crippen molar-refractivity contribution in [2.75, 3.05) is 5.73 Å². The Labute approximate surface area is 172 Å². The molecule has 5 rings (SSSR count). The molecule has 5 aromatic rings. The maximum absolute atomic E-state index is 13.7. The van der Waals surface area contributed by atoms with Gasteiger partial charge in [-0.25, -0.2) is 9.18 Å². The number of H-pyrrole nitrogens is 1. The molecular weight excluding hydrogens is 379 g/mol. The number of rotatable bonds is 3. The molecule has 0 atom stereocenters. The van der Waals surface area contributed by atoms with Crippen LogP contribution in [0.15, 0.2) is 66.7 Å². The molecule has 0 spiro atoms. The number of aromatic amines is 1. The summed E-state index contributed by atoms with van der Waals surface area (Å²) in [7, 11) is 0. The predicted molar refractivity (Wildman–Crippen MR) is 118 cm³/mol. The fourth-order valence-electron chi connectivity index (χ4n) is 4.06. The average Bonchev–Trinajstić information content (AvgIpc) is 3.12. The van der Waals surface area contributed by atoms with Gasteiger partial charge < -0.3 is 15.5 Å². The highest BCUT2D eigenvalue weighted by molar-refractivity contribution is 6.17. The number of carbonyl (C=O) groups is 1. The van der Waals surface area contributed by atoms with Crippen molar-refractivity contribution in [2.45, 2.75) is 13.3 Å². The Morgan fingerprint density at radius 2 is 1.83 bits per heavy atom. The van der Waals surface area contributed by atoms with Crippen molar-refractivity contribution < 1.29 is 13.9 Å². The number of hydrogen-bond donors (Lipinski definition) is 2. The van der Waals surface area contributed by atoms with Gasteiger partial charge in [0, 0.05) is 27.4 Å². The van der Waals surface area contributed by atoms with Gasteiger partial charge in [-0.2, -0.15) is 0 Å². The monoisotopic (exact) mass is 398 g/mol. The van der Waals surface area contributed by atoms with Gasteiger partial charge in [0.25, 0.3) is 0 Å². The van der Waals surface area contributed by atoms with Gasteiger partial charge in [0.15, 0.2) is 0 Å². The molecule has 5 heteroatoms. The normalized spacial score (nSPS) is 11.4. The van der Waals surface area contributed by atoms with Gasteiger partial charge in [0.05, 0.1) is 11.1 Å². The topological polar surface area (TPSA) is 68.1 Å². The highest BCUT2D eigenvalue weighted by atomic mass is 19.1. The largest absolute Gasteiger partial charge is 0.423 e. The van der Waals surface area contributed by atoms with Crippen LogP contribution in [0.1, 0.15) is 22.8 Å². The Morgan fingerprint density at radius 3 is 2.67 bits per heavy atom. The zero-order chi connectivity index (χ0) is 20.8. The molecule has 0 saturated carbocycles. The molecule has 0 fully saturated rings. The summed E-state index contributed by atoms with van der Waals surface area (Å²) in [4.78, 5) is 16.2. The minimum absolute atomic E-state index is 0.278. The lowest BCUT2D eigenvalue weighted by Crippen LogP contribution is -2.12. The van der Waals surface area contributed by atoms with E-state index in [-0.39, 0.29) is 5.82 Å². The van der Waals surface area contributed by atoms with E-state index in [0.717, 1.165) is 38.1 Å². The van der Waals surface area contributed by atoms with Gasteiger partial charge in [0.1, 0.15) is 11.6 Å². The van der Waals surface area contributed by atoms with Crippen LogP contribution in [0.5, 0.6) is 5.75 Å². The summed E-state index contributed by atoms with van der Waals surface area (Å²) in [6, 6.07) is 19.4. The van der Waals surface area contributed by atoms with Crippen LogP contribution in [0.2, 0.25) is 0 Å². The Bertz CT molecular complexity index is 1450. The van der Waals surface area contributed by atoms with Gasteiger partial charge in [-0.1, -0.05) is 31.2 Å². The van der Waals surface area contributed by atoms with Crippen LogP contribution in [0.3, 0.4) is 0 Å². The van der Waals surface area contributed by atoms with Crippen molar-refractivity contribution in [3.05, 3.63) is 83.7 Å². The van der Waals surface area contributed by atoms with Crippen LogP contribution >= 0.6 is 0 Å². The third-order valence-corrected chi connectivity index (χ3v) is 5.52. The van der Waals surface area contributed by atoms with E-state index in [1.54, 1.807) is 30.3 Å². The SMILES string of the molecule is CCc1c(N)cccc1C(=O)Oc1ccc2ccc3c4cc(F)ccc4[nH]c3c2c1. The van der Waals surface area contributed by atoms with Crippen LogP contribution in [0.25, 0.3) is 32.6 Å². The highest BCUT2D eigenvalue weighted by Crippen LogP contribution is 2.33. The summed E-state index contributed by atoms with van der Waals surface area (Å²) >= 11 is 0. The summed E-state index contributed by atoms with van der Waals surface area (Å²) in [5.74, 6) is -0.279. The first-order chi connectivity index (χ1) is 14.5. The van der Waals surface area contributed by atoms with Crippen LogP contribution in [0.4, 0.5) is 10.1 Å². The van der Waals surface area contributed by atoms with E-state index in [0.29, 0.717) is 23.4 Å². The first kappa shape index (κ1) is 18.2. The molecule has 0 aliphatic carbocycles. The Morgan fingerprint density at radius 1 is 1.00 bits per heavy atom. The zero-order valence-electron chi connectivity index (χ0n) is 16.3. The van der Waals surface area contributed by atoms with E-state index >= 15 is 0 Å². The maximum atomic E-state index is 13.7. The van der Waals surface area contributed by atoms with E-state index in [4.69, 9.17) is 10.5 Å². The third-order valence-electron chi connectivity index (χ3n) is 5.52. The van der Waals surface area contributed by atoms with Crippen molar-refractivity contribution >= 4 is 44.2 Å². The lowest BCUT2D eigenvalue weighted by atomic mass is 10.0. The molecule has 0 bridgehead atoms. The number of benzene rings is 4. The molecule has 0 aliphatic heterocycles. The summed E-state index contributed by atoms with van der Waals surface area (Å²) in [6.07, 6.45) is 0.640. The Balaban J connectivity index is 1.61. The van der Waals surface area contributed by atoms with E-state index in [1.165, 1.54) is 12.1 Å². The number of anilines is 1. The molecule has 1 heterocycles. The van der Waals surface area contributed by atoms with Gasteiger partial charge in [-0.15, -0.1) is 0 Å².